The van der Waals surface area contributed by atoms with Gasteiger partial charge in [-0.25, -0.2) is 0 Å². The molecule has 0 radical (unpaired) electrons. The largest absolute Gasteiger partial charge is 0.301 e. The Bertz CT molecular complexity index is 533. The number of thiocarbonyl (C=S) groups is 1. The molecule has 4 nitrogen and oxygen atoms in total. The highest BCUT2D eigenvalue weighted by molar-refractivity contribution is 7.80. The summed E-state index contributed by atoms with van der Waals surface area (Å²) < 4.78 is 0. The van der Waals surface area contributed by atoms with Crippen molar-refractivity contribution in [1.82, 2.24) is 10.2 Å². The molecule has 2 amide bonds. The number of halogens is 1. The molecule has 1 aromatic rings. The minimum absolute atomic E-state index is 0.157. The van der Waals surface area contributed by atoms with E-state index in [1.165, 1.54) is 11.8 Å². The lowest BCUT2D eigenvalue weighted by Gasteiger charge is -2.20. The standard InChI is InChI=1S/C12H11ClN2O2S/c1-7(16)15-10(11(17)14-12(15)18)6-8-4-2-3-5-9(8)13/h2-5,10H,6H2,1H3,(H,14,17,18). The van der Waals surface area contributed by atoms with Gasteiger partial charge in [0.1, 0.15) is 6.04 Å². The molecule has 0 aromatic heterocycles. The quantitative estimate of drug-likeness (QED) is 0.837. The van der Waals surface area contributed by atoms with Crippen molar-refractivity contribution in [3.05, 3.63) is 34.9 Å². The van der Waals surface area contributed by atoms with Gasteiger partial charge in [0.15, 0.2) is 5.11 Å². The van der Waals surface area contributed by atoms with E-state index in [1.54, 1.807) is 6.07 Å². The second kappa shape index (κ2) is 5.04. The summed E-state index contributed by atoms with van der Waals surface area (Å²) in [6.45, 7) is 1.38. The van der Waals surface area contributed by atoms with Crippen LogP contribution in [-0.2, 0) is 16.0 Å². The van der Waals surface area contributed by atoms with Gasteiger partial charge in [0.05, 0.1) is 0 Å². The van der Waals surface area contributed by atoms with E-state index in [9.17, 15) is 9.59 Å². The number of carbonyl (C=O) groups is 2. The predicted octanol–water partition coefficient (Wildman–Crippen LogP) is 1.51. The van der Waals surface area contributed by atoms with Gasteiger partial charge in [0.2, 0.25) is 11.8 Å². The van der Waals surface area contributed by atoms with Crippen molar-refractivity contribution in [3.8, 4) is 0 Å². The molecular weight excluding hydrogens is 272 g/mol. The van der Waals surface area contributed by atoms with Crippen LogP contribution >= 0.6 is 23.8 Å². The van der Waals surface area contributed by atoms with Crippen LogP contribution in [0.2, 0.25) is 5.02 Å². The van der Waals surface area contributed by atoms with Crippen molar-refractivity contribution in [2.45, 2.75) is 19.4 Å². The maximum atomic E-state index is 11.8. The molecule has 1 unspecified atom stereocenters. The van der Waals surface area contributed by atoms with Crippen molar-refractivity contribution in [3.63, 3.8) is 0 Å². The Morgan fingerprint density at radius 1 is 1.50 bits per heavy atom. The summed E-state index contributed by atoms with van der Waals surface area (Å²) in [5.41, 5.74) is 0.815. The van der Waals surface area contributed by atoms with E-state index in [4.69, 9.17) is 23.8 Å². The van der Waals surface area contributed by atoms with E-state index in [0.29, 0.717) is 11.4 Å². The Kier molecular flexibility index (Phi) is 3.63. The summed E-state index contributed by atoms with van der Waals surface area (Å²) in [4.78, 5) is 24.6. The minimum Gasteiger partial charge on any atom is -0.301 e. The number of rotatable bonds is 2. The summed E-state index contributed by atoms with van der Waals surface area (Å²) in [6.07, 6.45) is 0.352. The van der Waals surface area contributed by atoms with Crippen LogP contribution in [0.15, 0.2) is 24.3 Å². The number of hydrogen-bond acceptors (Lipinski definition) is 3. The minimum atomic E-state index is -0.616. The lowest BCUT2D eigenvalue weighted by molar-refractivity contribution is -0.131. The Morgan fingerprint density at radius 2 is 2.17 bits per heavy atom. The predicted molar refractivity (Wildman–Crippen MR) is 72.2 cm³/mol. The fraction of sp³-hybridized carbons (Fsp3) is 0.250. The van der Waals surface area contributed by atoms with Crippen molar-refractivity contribution in [2.75, 3.05) is 0 Å². The monoisotopic (exact) mass is 282 g/mol. The molecule has 2 rings (SSSR count). The number of hydrogen-bond donors (Lipinski definition) is 1. The highest BCUT2D eigenvalue weighted by Crippen LogP contribution is 2.21. The SMILES string of the molecule is CC(=O)N1C(=S)NC(=O)C1Cc1ccccc1Cl. The molecule has 1 aromatic carbocycles. The second-order valence-electron chi connectivity index (χ2n) is 3.99. The zero-order chi connectivity index (χ0) is 13.3. The molecule has 1 fully saturated rings. The fourth-order valence-corrected chi connectivity index (χ4v) is 2.50. The molecule has 18 heavy (non-hydrogen) atoms. The van der Waals surface area contributed by atoms with Gasteiger partial charge in [-0.2, -0.15) is 0 Å². The van der Waals surface area contributed by atoms with E-state index >= 15 is 0 Å². The van der Waals surface area contributed by atoms with Gasteiger partial charge in [-0.15, -0.1) is 0 Å². The maximum Gasteiger partial charge on any atom is 0.249 e. The van der Waals surface area contributed by atoms with Gasteiger partial charge in [-0.3, -0.25) is 14.5 Å². The van der Waals surface area contributed by atoms with Crippen molar-refractivity contribution in [1.29, 1.82) is 0 Å². The third kappa shape index (κ3) is 2.37. The first-order valence-corrected chi connectivity index (χ1v) is 6.17. The summed E-state index contributed by atoms with van der Waals surface area (Å²) in [5, 5.41) is 3.23. The lowest BCUT2D eigenvalue weighted by atomic mass is 10.1. The van der Waals surface area contributed by atoms with Crippen LogP contribution in [0.3, 0.4) is 0 Å². The molecule has 0 aliphatic carbocycles. The number of nitrogens with one attached hydrogen (secondary N) is 1. The van der Waals surface area contributed by atoms with Gasteiger partial charge >= 0.3 is 0 Å². The average Bonchev–Trinajstić information content (AvgIpc) is 2.57. The molecule has 0 spiro atoms. The smallest absolute Gasteiger partial charge is 0.249 e. The van der Waals surface area contributed by atoms with E-state index < -0.39 is 6.04 Å². The molecule has 1 heterocycles. The molecule has 6 heteroatoms. The van der Waals surface area contributed by atoms with E-state index in [0.717, 1.165) is 5.56 Å². The van der Waals surface area contributed by atoms with E-state index in [-0.39, 0.29) is 16.9 Å². The van der Waals surface area contributed by atoms with Gasteiger partial charge in [-0.1, -0.05) is 29.8 Å². The van der Waals surface area contributed by atoms with Crippen LogP contribution in [-0.4, -0.2) is 27.9 Å². The van der Waals surface area contributed by atoms with Crippen LogP contribution < -0.4 is 5.32 Å². The zero-order valence-electron chi connectivity index (χ0n) is 9.64. The Morgan fingerprint density at radius 3 is 2.78 bits per heavy atom. The topological polar surface area (TPSA) is 49.4 Å². The average molecular weight is 283 g/mol. The molecule has 1 N–H and O–H groups in total. The fourth-order valence-electron chi connectivity index (χ4n) is 1.93. The maximum absolute atomic E-state index is 11.8. The first-order chi connectivity index (χ1) is 8.50. The van der Waals surface area contributed by atoms with E-state index in [1.807, 2.05) is 18.2 Å². The first kappa shape index (κ1) is 13.0. The third-order valence-corrected chi connectivity index (χ3v) is 3.44. The Hall–Kier alpha value is -1.46. The number of amides is 2. The molecule has 0 bridgehead atoms. The summed E-state index contributed by atoms with van der Waals surface area (Å²) in [6, 6.07) is 6.61. The number of benzene rings is 1. The summed E-state index contributed by atoms with van der Waals surface area (Å²) >= 11 is 11.0. The van der Waals surface area contributed by atoms with Crippen LogP contribution in [0.5, 0.6) is 0 Å². The third-order valence-electron chi connectivity index (χ3n) is 2.77. The summed E-state index contributed by atoms with van der Waals surface area (Å²) in [5.74, 6) is -0.523. The number of carbonyl (C=O) groups excluding carboxylic acids is 2. The molecule has 1 atom stereocenters. The highest BCUT2D eigenvalue weighted by atomic mass is 35.5. The zero-order valence-corrected chi connectivity index (χ0v) is 11.2. The molecule has 1 aliphatic rings. The first-order valence-electron chi connectivity index (χ1n) is 5.38. The normalized spacial score (nSPS) is 19.0. The van der Waals surface area contributed by atoms with Gasteiger partial charge in [-0.05, 0) is 23.8 Å². The molecule has 94 valence electrons. The summed E-state index contributed by atoms with van der Waals surface area (Å²) in [7, 11) is 0. The molecular formula is C12H11ClN2O2S. The van der Waals surface area contributed by atoms with Gasteiger partial charge in [0.25, 0.3) is 0 Å². The van der Waals surface area contributed by atoms with Gasteiger partial charge < -0.3 is 5.32 Å². The van der Waals surface area contributed by atoms with Crippen molar-refractivity contribution < 1.29 is 9.59 Å². The van der Waals surface area contributed by atoms with Crippen LogP contribution in [0.4, 0.5) is 0 Å². The lowest BCUT2D eigenvalue weighted by Crippen LogP contribution is -2.40. The van der Waals surface area contributed by atoms with Crippen LogP contribution in [0.1, 0.15) is 12.5 Å². The molecule has 1 saturated heterocycles. The molecule has 1 aliphatic heterocycles. The van der Waals surface area contributed by atoms with Crippen LogP contribution in [0, 0.1) is 0 Å². The Balaban J connectivity index is 2.27. The second-order valence-corrected chi connectivity index (χ2v) is 4.79. The number of nitrogens with zero attached hydrogens (tertiary/aromatic N) is 1. The Labute approximate surface area is 115 Å². The molecule has 0 saturated carbocycles. The van der Waals surface area contributed by atoms with Crippen molar-refractivity contribution >= 4 is 40.7 Å². The van der Waals surface area contributed by atoms with Gasteiger partial charge in [0, 0.05) is 18.4 Å². The van der Waals surface area contributed by atoms with E-state index in [2.05, 4.69) is 5.32 Å². The van der Waals surface area contributed by atoms with Crippen molar-refractivity contribution in [2.24, 2.45) is 0 Å². The van der Waals surface area contributed by atoms with Crippen LogP contribution in [0.25, 0.3) is 0 Å². The highest BCUT2D eigenvalue weighted by Gasteiger charge is 2.38.